The molecule has 0 amide bonds. The van der Waals surface area contributed by atoms with Crippen LogP contribution >= 0.6 is 0 Å². The third-order valence-electron chi connectivity index (χ3n) is 2.47. The summed E-state index contributed by atoms with van der Waals surface area (Å²) >= 11 is 0. The topological polar surface area (TPSA) is 0 Å². The van der Waals surface area contributed by atoms with E-state index in [2.05, 4.69) is 24.3 Å². The van der Waals surface area contributed by atoms with Crippen molar-refractivity contribution in [3.8, 4) is 0 Å². The van der Waals surface area contributed by atoms with E-state index in [0.29, 0.717) is 0 Å². The van der Waals surface area contributed by atoms with Gasteiger partial charge < -0.3 is 0 Å². The van der Waals surface area contributed by atoms with Crippen LogP contribution < -0.4 is 0 Å². The summed E-state index contributed by atoms with van der Waals surface area (Å²) in [5.74, 6) is 0. The smallest absolute Gasteiger partial charge is 0.0279 e. The minimum atomic E-state index is 1.17. The van der Waals surface area contributed by atoms with E-state index in [-0.39, 0.29) is 0 Å². The van der Waals surface area contributed by atoms with Gasteiger partial charge in [-0.3, -0.25) is 0 Å². The lowest BCUT2D eigenvalue weighted by molar-refractivity contribution is 0.648. The summed E-state index contributed by atoms with van der Waals surface area (Å²) < 4.78 is 0. The molecule has 0 aromatic rings. The molecule has 0 saturated heterocycles. The number of rotatable bonds is 0. The maximum absolute atomic E-state index is 3.37. The van der Waals surface area contributed by atoms with Crippen molar-refractivity contribution in [2.24, 2.45) is 0 Å². The lowest BCUT2D eigenvalue weighted by atomic mass is 10.1. The Morgan fingerprint density at radius 3 is 2.38 bits per heavy atom. The molecule has 0 heteroatoms. The van der Waals surface area contributed by atoms with Crippen molar-refractivity contribution in [2.75, 3.05) is 0 Å². The van der Waals surface area contributed by atoms with Crippen LogP contribution in [0.2, 0.25) is 0 Å². The summed E-state index contributed by atoms with van der Waals surface area (Å²) in [4.78, 5) is 0. The van der Waals surface area contributed by atoms with Crippen molar-refractivity contribution in [1.82, 2.24) is 0 Å². The predicted molar refractivity (Wildman–Crippen MR) is 58.5 cm³/mol. The van der Waals surface area contributed by atoms with Crippen molar-refractivity contribution in [1.29, 1.82) is 0 Å². The first-order valence-electron chi connectivity index (χ1n) is 5.70. The number of hydrogen-bond donors (Lipinski definition) is 0. The molecule has 1 aliphatic rings. The van der Waals surface area contributed by atoms with E-state index in [1.165, 1.54) is 57.8 Å². The molecular weight excluding hydrogens is 156 g/mol. The molecule has 0 spiro atoms. The van der Waals surface area contributed by atoms with Crippen molar-refractivity contribution < 1.29 is 0 Å². The van der Waals surface area contributed by atoms with E-state index in [0.717, 1.165) is 0 Å². The average molecular weight is 177 g/mol. The molecule has 0 heterocycles. The van der Waals surface area contributed by atoms with E-state index < -0.39 is 0 Å². The summed E-state index contributed by atoms with van der Waals surface area (Å²) in [7, 11) is 0. The lowest BCUT2D eigenvalue weighted by Crippen LogP contribution is -1.76. The second kappa shape index (κ2) is 8.10. The molecule has 1 rings (SSSR count). The summed E-state index contributed by atoms with van der Waals surface area (Å²) in [5, 5.41) is 0. The van der Waals surface area contributed by atoms with Crippen LogP contribution in [0.1, 0.15) is 57.8 Å². The fourth-order valence-electron chi connectivity index (χ4n) is 1.62. The van der Waals surface area contributed by atoms with Crippen molar-refractivity contribution >= 4 is 0 Å². The maximum Gasteiger partial charge on any atom is -0.0279 e. The van der Waals surface area contributed by atoms with Crippen LogP contribution in [0.4, 0.5) is 0 Å². The zero-order valence-electron chi connectivity index (χ0n) is 8.60. The van der Waals surface area contributed by atoms with Gasteiger partial charge in [0.15, 0.2) is 0 Å². The molecule has 13 heavy (non-hydrogen) atoms. The summed E-state index contributed by atoms with van der Waals surface area (Å²) in [5.41, 5.74) is 0. The third kappa shape index (κ3) is 6.62. The molecule has 73 valence electrons. The molecule has 0 aliphatic heterocycles. The second-order valence-corrected chi connectivity index (χ2v) is 3.76. The van der Waals surface area contributed by atoms with E-state index in [1.54, 1.807) is 0 Å². The highest BCUT2D eigenvalue weighted by molar-refractivity contribution is 4.83. The van der Waals surface area contributed by atoms with Gasteiger partial charge in [-0.2, -0.15) is 0 Å². The van der Waals surface area contributed by atoms with Crippen LogP contribution in [-0.2, 0) is 0 Å². The first-order valence-corrected chi connectivity index (χ1v) is 5.70. The molecule has 1 radical (unpaired) electrons. The summed E-state index contributed by atoms with van der Waals surface area (Å²) in [6, 6.07) is 0. The Bertz CT molecular complexity index is 135. The fourth-order valence-corrected chi connectivity index (χ4v) is 1.62. The van der Waals surface area contributed by atoms with Gasteiger partial charge in [-0.05, 0) is 51.0 Å². The Hall–Kier alpha value is -0.520. The minimum absolute atomic E-state index is 1.17. The van der Waals surface area contributed by atoms with Gasteiger partial charge in [0.05, 0.1) is 0 Å². The summed E-state index contributed by atoms with van der Waals surface area (Å²) in [6.07, 6.45) is 22.0. The highest BCUT2D eigenvalue weighted by Gasteiger charge is 1.89. The van der Waals surface area contributed by atoms with Crippen LogP contribution in [0.15, 0.2) is 18.2 Å². The second-order valence-electron chi connectivity index (χ2n) is 3.76. The van der Waals surface area contributed by atoms with Crippen LogP contribution in [0, 0.1) is 6.08 Å². The Morgan fingerprint density at radius 1 is 0.692 bits per heavy atom. The Kier molecular flexibility index (Phi) is 6.58. The number of hydrogen-bond acceptors (Lipinski definition) is 0. The van der Waals surface area contributed by atoms with Gasteiger partial charge >= 0.3 is 0 Å². The predicted octanol–water partition coefficient (Wildman–Crippen LogP) is 4.43. The quantitative estimate of drug-likeness (QED) is 0.480. The molecule has 0 atom stereocenters. The van der Waals surface area contributed by atoms with E-state index in [9.17, 15) is 0 Å². The van der Waals surface area contributed by atoms with E-state index in [1.807, 2.05) is 0 Å². The normalized spacial score (nSPS) is 26.5. The van der Waals surface area contributed by atoms with Gasteiger partial charge in [0.1, 0.15) is 0 Å². The van der Waals surface area contributed by atoms with Crippen LogP contribution in [0.3, 0.4) is 0 Å². The Morgan fingerprint density at radius 2 is 1.46 bits per heavy atom. The van der Waals surface area contributed by atoms with Crippen LogP contribution in [0.25, 0.3) is 0 Å². The van der Waals surface area contributed by atoms with Crippen LogP contribution in [-0.4, -0.2) is 0 Å². The lowest BCUT2D eigenvalue weighted by Gasteiger charge is -1.95. The molecule has 0 aromatic heterocycles. The van der Waals surface area contributed by atoms with Crippen molar-refractivity contribution in [3.63, 3.8) is 0 Å². The molecule has 0 saturated carbocycles. The van der Waals surface area contributed by atoms with E-state index in [4.69, 9.17) is 0 Å². The molecule has 0 aromatic carbocycles. The van der Waals surface area contributed by atoms with E-state index >= 15 is 0 Å². The monoisotopic (exact) mass is 177 g/mol. The molecule has 0 nitrogen and oxygen atoms in total. The highest BCUT2D eigenvalue weighted by atomic mass is 14.0. The standard InChI is InChI=1S/C13H21/c1-2-4-6-8-10-12-13-11-9-7-5-3-1/h1-2,9H,3-8,10,12-13H2/b2-1-,11-9?. The van der Waals surface area contributed by atoms with Gasteiger partial charge in [0, 0.05) is 0 Å². The number of allylic oxidation sites excluding steroid dienone is 4. The average Bonchev–Trinajstić information content (AvgIpc) is 2.18. The van der Waals surface area contributed by atoms with Gasteiger partial charge in [0.2, 0.25) is 0 Å². The third-order valence-corrected chi connectivity index (χ3v) is 2.47. The van der Waals surface area contributed by atoms with Crippen molar-refractivity contribution in [3.05, 3.63) is 24.3 Å². The Balaban J connectivity index is 2.18. The minimum Gasteiger partial charge on any atom is -0.0885 e. The highest BCUT2D eigenvalue weighted by Crippen LogP contribution is 2.08. The van der Waals surface area contributed by atoms with Crippen molar-refractivity contribution in [2.45, 2.75) is 57.8 Å². The SMILES string of the molecule is [C]1=C/CCC/C=C\CCCCCC/1. The van der Waals surface area contributed by atoms with Gasteiger partial charge in [-0.15, -0.1) is 0 Å². The fraction of sp³-hybridized carbons (Fsp3) is 0.692. The maximum atomic E-state index is 3.37. The molecule has 0 fully saturated rings. The molecule has 1 aliphatic carbocycles. The summed E-state index contributed by atoms with van der Waals surface area (Å²) in [6.45, 7) is 0. The van der Waals surface area contributed by atoms with Gasteiger partial charge in [-0.25, -0.2) is 0 Å². The molecule has 0 bridgehead atoms. The Labute approximate surface area is 82.7 Å². The molecule has 0 N–H and O–H groups in total. The zero-order chi connectivity index (χ0) is 9.19. The van der Waals surface area contributed by atoms with Crippen LogP contribution in [0.5, 0.6) is 0 Å². The largest absolute Gasteiger partial charge is 0.0885 e. The van der Waals surface area contributed by atoms with Gasteiger partial charge in [-0.1, -0.05) is 31.1 Å². The first kappa shape index (κ1) is 10.6. The molecular formula is C13H21. The first-order chi connectivity index (χ1) is 6.50. The zero-order valence-corrected chi connectivity index (χ0v) is 8.60. The van der Waals surface area contributed by atoms with Gasteiger partial charge in [0.25, 0.3) is 0 Å². The molecule has 0 unspecified atom stereocenters.